The Balaban J connectivity index is 2.06. The van der Waals surface area contributed by atoms with Crippen molar-refractivity contribution < 1.29 is 18.8 Å². The van der Waals surface area contributed by atoms with Crippen LogP contribution in [-0.2, 0) is 14.0 Å². The maximum absolute atomic E-state index is 6.21. The zero-order valence-electron chi connectivity index (χ0n) is 14.4. The van der Waals surface area contributed by atoms with Gasteiger partial charge in [0.15, 0.2) is 6.79 Å². The fourth-order valence-corrected chi connectivity index (χ4v) is 2.69. The number of rotatable bonds is 4. The van der Waals surface area contributed by atoms with Crippen LogP contribution >= 0.6 is 0 Å². The fourth-order valence-electron chi connectivity index (χ4n) is 2.69. The molecule has 0 N–H and O–H groups in total. The van der Waals surface area contributed by atoms with Crippen LogP contribution in [0.25, 0.3) is 10.8 Å². The smallest absolute Gasteiger partial charge is 0.468 e. The number of fused-ring (bicyclic) bond motifs is 1. The summed E-state index contributed by atoms with van der Waals surface area (Å²) < 4.78 is 23.1. The number of hydrogen-bond donors (Lipinski definition) is 0. The Morgan fingerprint density at radius 3 is 2.30 bits per heavy atom. The summed E-state index contributed by atoms with van der Waals surface area (Å²) in [5.74, 6) is 0.746. The Bertz CT molecular complexity index is 695. The van der Waals surface area contributed by atoms with Crippen LogP contribution in [0, 0.1) is 0 Å². The van der Waals surface area contributed by atoms with Crippen LogP contribution in [0.2, 0.25) is 0 Å². The van der Waals surface area contributed by atoms with Crippen molar-refractivity contribution in [2.45, 2.75) is 38.9 Å². The molecule has 5 heteroatoms. The third-order valence-corrected chi connectivity index (χ3v) is 4.72. The Morgan fingerprint density at radius 2 is 1.65 bits per heavy atom. The van der Waals surface area contributed by atoms with Crippen LogP contribution < -0.4 is 10.2 Å². The second-order valence-corrected chi connectivity index (χ2v) is 6.87. The van der Waals surface area contributed by atoms with E-state index in [1.165, 1.54) is 0 Å². The minimum Gasteiger partial charge on any atom is -0.468 e. The molecular weight excluding hydrogens is 291 g/mol. The molecule has 3 rings (SSSR count). The third kappa shape index (κ3) is 2.96. The molecule has 2 aromatic carbocycles. The maximum atomic E-state index is 6.21. The van der Waals surface area contributed by atoms with E-state index in [9.17, 15) is 0 Å². The number of methoxy groups -OCH3 is 1. The molecule has 0 bridgehead atoms. The molecule has 4 nitrogen and oxygen atoms in total. The summed E-state index contributed by atoms with van der Waals surface area (Å²) in [6.07, 6.45) is 0. The van der Waals surface area contributed by atoms with E-state index in [0.29, 0.717) is 0 Å². The van der Waals surface area contributed by atoms with Gasteiger partial charge in [-0.25, -0.2) is 0 Å². The molecule has 1 aliphatic heterocycles. The van der Waals surface area contributed by atoms with Gasteiger partial charge in [0.1, 0.15) is 5.75 Å². The average molecular weight is 314 g/mol. The van der Waals surface area contributed by atoms with Gasteiger partial charge in [-0.2, -0.15) is 0 Å². The van der Waals surface area contributed by atoms with Crippen molar-refractivity contribution in [3.8, 4) is 5.75 Å². The van der Waals surface area contributed by atoms with Crippen molar-refractivity contribution in [2.24, 2.45) is 0 Å². The molecular formula is C18H23BO4. The minimum absolute atomic E-state index is 0.209. The first-order chi connectivity index (χ1) is 10.8. The highest BCUT2D eigenvalue weighted by atomic mass is 16.7. The molecule has 1 saturated heterocycles. The van der Waals surface area contributed by atoms with Crippen molar-refractivity contribution in [3.05, 3.63) is 36.4 Å². The van der Waals surface area contributed by atoms with Gasteiger partial charge in [0.2, 0.25) is 0 Å². The zero-order chi connectivity index (χ0) is 16.7. The number of hydrogen-bond acceptors (Lipinski definition) is 4. The topological polar surface area (TPSA) is 36.9 Å². The lowest BCUT2D eigenvalue weighted by Gasteiger charge is -2.32. The monoisotopic (exact) mass is 314 g/mol. The van der Waals surface area contributed by atoms with E-state index in [2.05, 4.69) is 39.8 Å². The third-order valence-electron chi connectivity index (χ3n) is 4.72. The van der Waals surface area contributed by atoms with Crippen molar-refractivity contribution >= 4 is 23.4 Å². The average Bonchev–Trinajstić information content (AvgIpc) is 2.72. The molecule has 0 spiro atoms. The first kappa shape index (κ1) is 16.3. The van der Waals surface area contributed by atoms with Gasteiger partial charge >= 0.3 is 7.12 Å². The molecule has 1 heterocycles. The Morgan fingerprint density at radius 1 is 1.00 bits per heavy atom. The van der Waals surface area contributed by atoms with E-state index < -0.39 is 7.12 Å². The predicted molar refractivity (Wildman–Crippen MR) is 92.2 cm³/mol. The highest BCUT2D eigenvalue weighted by Gasteiger charge is 2.52. The first-order valence-electron chi connectivity index (χ1n) is 7.84. The van der Waals surface area contributed by atoms with E-state index in [1.54, 1.807) is 7.11 Å². The van der Waals surface area contributed by atoms with Crippen molar-refractivity contribution in [3.63, 3.8) is 0 Å². The standard InChI is InChI=1S/C18H23BO4/c1-17(2)18(3,4)23-19(22-17)16-11-14(21-12-20-5)10-13-8-6-7-9-15(13)16/h6-11H,12H2,1-5H3. The Hall–Kier alpha value is -1.56. The van der Waals surface area contributed by atoms with Gasteiger partial charge in [-0.1, -0.05) is 24.3 Å². The number of ether oxygens (including phenoxy) is 2. The molecule has 0 atom stereocenters. The first-order valence-corrected chi connectivity index (χ1v) is 7.84. The van der Waals surface area contributed by atoms with Gasteiger partial charge in [-0.15, -0.1) is 0 Å². The molecule has 0 aliphatic carbocycles. The van der Waals surface area contributed by atoms with E-state index in [1.807, 2.05) is 24.3 Å². The van der Waals surface area contributed by atoms with Gasteiger partial charge in [-0.05, 0) is 56.1 Å². The number of benzene rings is 2. The van der Waals surface area contributed by atoms with Gasteiger partial charge in [-0.3, -0.25) is 0 Å². The molecule has 23 heavy (non-hydrogen) atoms. The Labute approximate surface area is 137 Å². The second-order valence-electron chi connectivity index (χ2n) is 6.87. The van der Waals surface area contributed by atoms with Gasteiger partial charge in [0.25, 0.3) is 0 Å². The van der Waals surface area contributed by atoms with Crippen LogP contribution in [0.5, 0.6) is 5.75 Å². The lowest BCUT2D eigenvalue weighted by Crippen LogP contribution is -2.41. The molecule has 0 aromatic heterocycles. The summed E-state index contributed by atoms with van der Waals surface area (Å²) >= 11 is 0. The molecule has 0 unspecified atom stereocenters. The summed E-state index contributed by atoms with van der Waals surface area (Å²) in [6.45, 7) is 8.43. The molecule has 1 aliphatic rings. The van der Waals surface area contributed by atoms with Gasteiger partial charge < -0.3 is 18.8 Å². The van der Waals surface area contributed by atoms with Crippen LogP contribution in [0.1, 0.15) is 27.7 Å². The molecule has 0 saturated carbocycles. The summed E-state index contributed by atoms with van der Waals surface area (Å²) in [4.78, 5) is 0. The maximum Gasteiger partial charge on any atom is 0.495 e. The fraction of sp³-hybridized carbons (Fsp3) is 0.444. The minimum atomic E-state index is -0.420. The van der Waals surface area contributed by atoms with Gasteiger partial charge in [0.05, 0.1) is 11.2 Å². The van der Waals surface area contributed by atoms with Crippen LogP contribution in [0.4, 0.5) is 0 Å². The molecule has 1 fully saturated rings. The van der Waals surface area contributed by atoms with Crippen LogP contribution in [-0.4, -0.2) is 32.2 Å². The molecule has 122 valence electrons. The normalized spacial score (nSPS) is 19.3. The SMILES string of the molecule is COCOc1cc(B2OC(C)(C)C(C)(C)O2)c2ccccc2c1. The predicted octanol–water partition coefficient (Wildman–Crippen LogP) is 3.12. The van der Waals surface area contributed by atoms with E-state index in [-0.39, 0.29) is 18.0 Å². The molecule has 0 amide bonds. The lowest BCUT2D eigenvalue weighted by molar-refractivity contribution is 0.00578. The van der Waals surface area contributed by atoms with Crippen LogP contribution in [0.3, 0.4) is 0 Å². The highest BCUT2D eigenvalue weighted by Crippen LogP contribution is 2.37. The van der Waals surface area contributed by atoms with E-state index in [4.69, 9.17) is 18.8 Å². The van der Waals surface area contributed by atoms with Crippen molar-refractivity contribution in [2.75, 3.05) is 13.9 Å². The second kappa shape index (κ2) is 5.82. The molecule has 2 aromatic rings. The van der Waals surface area contributed by atoms with Gasteiger partial charge in [0, 0.05) is 7.11 Å². The zero-order valence-corrected chi connectivity index (χ0v) is 14.4. The lowest BCUT2D eigenvalue weighted by atomic mass is 9.76. The summed E-state index contributed by atoms with van der Waals surface area (Å²) in [7, 11) is 1.19. The van der Waals surface area contributed by atoms with Crippen molar-refractivity contribution in [1.29, 1.82) is 0 Å². The summed E-state index contributed by atoms with van der Waals surface area (Å²) in [6, 6.07) is 12.1. The molecule has 0 radical (unpaired) electrons. The quantitative estimate of drug-likeness (QED) is 0.642. The summed E-state index contributed by atoms with van der Waals surface area (Å²) in [5, 5.41) is 2.20. The van der Waals surface area contributed by atoms with Crippen molar-refractivity contribution in [1.82, 2.24) is 0 Å². The highest BCUT2D eigenvalue weighted by molar-refractivity contribution is 6.65. The van der Waals surface area contributed by atoms with Crippen LogP contribution in [0.15, 0.2) is 36.4 Å². The Kier molecular flexibility index (Phi) is 4.13. The van der Waals surface area contributed by atoms with E-state index in [0.717, 1.165) is 22.0 Å². The summed E-state index contributed by atoms with van der Waals surface area (Å²) in [5.41, 5.74) is 0.234. The van der Waals surface area contributed by atoms with E-state index >= 15 is 0 Å². The largest absolute Gasteiger partial charge is 0.495 e.